The quantitative estimate of drug-likeness (QED) is 0.924. The van der Waals surface area contributed by atoms with Gasteiger partial charge in [0, 0.05) is 31.5 Å². The molecule has 0 spiro atoms. The van der Waals surface area contributed by atoms with Crippen LogP contribution in [0.2, 0.25) is 0 Å². The van der Waals surface area contributed by atoms with Crippen molar-refractivity contribution in [1.29, 1.82) is 0 Å². The van der Waals surface area contributed by atoms with Gasteiger partial charge in [-0.1, -0.05) is 32.9 Å². The lowest BCUT2D eigenvalue weighted by atomic mass is 9.88. The summed E-state index contributed by atoms with van der Waals surface area (Å²) < 4.78 is 13.2. The molecule has 3 atom stereocenters. The summed E-state index contributed by atoms with van der Waals surface area (Å²) in [6.45, 7) is 5.62. The van der Waals surface area contributed by atoms with Gasteiger partial charge in [0.05, 0.1) is 0 Å². The number of hydrogen-bond acceptors (Lipinski definition) is 2. The molecule has 0 aliphatic heterocycles. The molecule has 0 unspecified atom stereocenters. The normalized spacial score (nSPS) is 23.8. The third kappa shape index (κ3) is 4.13. The predicted molar refractivity (Wildman–Crippen MR) is 91.9 cm³/mol. The monoisotopic (exact) mass is 334 g/mol. The number of rotatable bonds is 3. The van der Waals surface area contributed by atoms with Gasteiger partial charge in [0.15, 0.2) is 0 Å². The van der Waals surface area contributed by atoms with Crippen molar-refractivity contribution < 1.29 is 14.0 Å². The maximum atomic E-state index is 13.2. The van der Waals surface area contributed by atoms with Crippen molar-refractivity contribution in [2.75, 3.05) is 14.1 Å². The number of nitrogens with zero attached hydrogens (tertiary/aromatic N) is 1. The highest BCUT2D eigenvalue weighted by atomic mass is 19.1. The summed E-state index contributed by atoms with van der Waals surface area (Å²) in [7, 11) is 3.48. The second-order valence-corrected chi connectivity index (χ2v) is 7.89. The van der Waals surface area contributed by atoms with Crippen molar-refractivity contribution in [3.05, 3.63) is 35.6 Å². The van der Waals surface area contributed by atoms with Crippen LogP contribution in [0.3, 0.4) is 0 Å². The van der Waals surface area contributed by atoms with E-state index in [0.717, 1.165) is 5.56 Å². The fourth-order valence-electron chi connectivity index (χ4n) is 3.24. The van der Waals surface area contributed by atoms with Crippen LogP contribution in [0, 0.1) is 17.2 Å². The molecule has 0 bridgehead atoms. The molecule has 0 saturated heterocycles. The molecule has 2 rings (SSSR count). The number of carbonyl (C=O) groups excluding carboxylic acids is 2. The second-order valence-electron chi connectivity index (χ2n) is 7.89. The third-order valence-electron chi connectivity index (χ3n) is 4.64. The van der Waals surface area contributed by atoms with E-state index in [1.807, 2.05) is 20.8 Å². The zero-order valence-corrected chi connectivity index (χ0v) is 15.1. The van der Waals surface area contributed by atoms with Crippen LogP contribution in [-0.4, -0.2) is 36.9 Å². The molecule has 1 aromatic carbocycles. The predicted octanol–water partition coefficient (Wildman–Crippen LogP) is 2.94. The maximum absolute atomic E-state index is 13.2. The van der Waals surface area contributed by atoms with E-state index in [2.05, 4.69) is 5.32 Å². The highest BCUT2D eigenvalue weighted by Crippen LogP contribution is 2.41. The molecule has 1 aromatic rings. The fraction of sp³-hybridized carbons (Fsp3) is 0.579. The van der Waals surface area contributed by atoms with Crippen LogP contribution in [0.4, 0.5) is 4.39 Å². The molecule has 0 aromatic heterocycles. The van der Waals surface area contributed by atoms with Crippen molar-refractivity contribution >= 4 is 11.8 Å². The van der Waals surface area contributed by atoms with Gasteiger partial charge in [-0.3, -0.25) is 9.59 Å². The highest BCUT2D eigenvalue weighted by molar-refractivity contribution is 5.83. The standard InChI is InChI=1S/C19H27FN2O2/c1-19(2,3)18(24)21-14-10-15(12-6-8-13(20)9-7-12)16(11-14)17(23)22(4)5/h6-9,14-16H,10-11H2,1-5H3,(H,21,24)/t14-,15+,16-/m0/s1. The first-order valence-corrected chi connectivity index (χ1v) is 8.37. The molecule has 132 valence electrons. The Kier molecular flexibility index (Phi) is 5.31. The van der Waals surface area contributed by atoms with Crippen LogP contribution in [0.5, 0.6) is 0 Å². The summed E-state index contributed by atoms with van der Waals surface area (Å²) in [6.07, 6.45) is 1.30. The van der Waals surface area contributed by atoms with Crippen LogP contribution >= 0.6 is 0 Å². The summed E-state index contributed by atoms with van der Waals surface area (Å²) in [5.74, 6) is -0.452. The van der Waals surface area contributed by atoms with Crippen LogP contribution < -0.4 is 5.32 Å². The number of nitrogens with one attached hydrogen (secondary N) is 1. The van der Waals surface area contributed by atoms with E-state index < -0.39 is 5.41 Å². The molecule has 2 amide bonds. The summed E-state index contributed by atoms with van der Waals surface area (Å²) in [4.78, 5) is 26.4. The highest BCUT2D eigenvalue weighted by Gasteiger charge is 2.41. The lowest BCUT2D eigenvalue weighted by molar-refractivity contribution is -0.133. The Hall–Kier alpha value is -1.91. The lowest BCUT2D eigenvalue weighted by Gasteiger charge is -2.22. The van der Waals surface area contributed by atoms with Gasteiger partial charge < -0.3 is 10.2 Å². The van der Waals surface area contributed by atoms with E-state index in [1.165, 1.54) is 12.1 Å². The minimum atomic E-state index is -0.463. The molecule has 5 heteroatoms. The SMILES string of the molecule is CN(C)C(=O)[C@H]1C[C@@H](NC(=O)C(C)(C)C)C[C@@H]1c1ccc(F)cc1. The van der Waals surface area contributed by atoms with Gasteiger partial charge in [-0.05, 0) is 36.5 Å². The molecular formula is C19H27FN2O2. The maximum Gasteiger partial charge on any atom is 0.225 e. The second kappa shape index (κ2) is 6.91. The molecule has 24 heavy (non-hydrogen) atoms. The summed E-state index contributed by atoms with van der Waals surface area (Å²) in [6, 6.07) is 6.29. The van der Waals surface area contributed by atoms with Crippen molar-refractivity contribution in [3.63, 3.8) is 0 Å². The molecule has 4 nitrogen and oxygen atoms in total. The molecule has 1 saturated carbocycles. The average molecular weight is 334 g/mol. The number of hydrogen-bond donors (Lipinski definition) is 1. The third-order valence-corrected chi connectivity index (χ3v) is 4.64. The molecule has 1 fully saturated rings. The Balaban J connectivity index is 2.21. The summed E-state index contributed by atoms with van der Waals surface area (Å²) in [5, 5.41) is 3.07. The first kappa shape index (κ1) is 18.4. The number of carbonyl (C=O) groups is 2. The summed E-state index contributed by atoms with van der Waals surface area (Å²) in [5.41, 5.74) is 0.485. The van der Waals surface area contributed by atoms with E-state index in [1.54, 1.807) is 31.1 Å². The van der Waals surface area contributed by atoms with Gasteiger partial charge in [-0.25, -0.2) is 4.39 Å². The number of amides is 2. The number of halogens is 1. The number of benzene rings is 1. The minimum absolute atomic E-state index is 0.00855. The largest absolute Gasteiger partial charge is 0.353 e. The van der Waals surface area contributed by atoms with Gasteiger partial charge in [-0.2, -0.15) is 0 Å². The first-order valence-electron chi connectivity index (χ1n) is 8.37. The summed E-state index contributed by atoms with van der Waals surface area (Å²) >= 11 is 0. The van der Waals surface area contributed by atoms with Gasteiger partial charge in [0.2, 0.25) is 11.8 Å². The zero-order valence-electron chi connectivity index (χ0n) is 15.1. The van der Waals surface area contributed by atoms with E-state index in [4.69, 9.17) is 0 Å². The van der Waals surface area contributed by atoms with E-state index in [0.29, 0.717) is 12.8 Å². The van der Waals surface area contributed by atoms with Crippen LogP contribution in [0.1, 0.15) is 45.1 Å². The Morgan fingerprint density at radius 3 is 2.21 bits per heavy atom. The van der Waals surface area contributed by atoms with E-state index in [9.17, 15) is 14.0 Å². The Morgan fingerprint density at radius 2 is 1.71 bits per heavy atom. The molecule has 0 heterocycles. The first-order chi connectivity index (χ1) is 11.1. The Bertz CT molecular complexity index is 605. The Labute approximate surface area is 143 Å². The lowest BCUT2D eigenvalue weighted by Crippen LogP contribution is -2.41. The van der Waals surface area contributed by atoms with Gasteiger partial charge in [-0.15, -0.1) is 0 Å². The van der Waals surface area contributed by atoms with Crippen LogP contribution in [0.25, 0.3) is 0 Å². The molecule has 1 N–H and O–H groups in total. The van der Waals surface area contributed by atoms with Crippen LogP contribution in [-0.2, 0) is 9.59 Å². The smallest absolute Gasteiger partial charge is 0.225 e. The van der Waals surface area contributed by atoms with Gasteiger partial charge >= 0.3 is 0 Å². The molecular weight excluding hydrogens is 307 g/mol. The van der Waals surface area contributed by atoms with E-state index >= 15 is 0 Å². The zero-order chi connectivity index (χ0) is 18.1. The average Bonchev–Trinajstić information content (AvgIpc) is 2.89. The van der Waals surface area contributed by atoms with Crippen molar-refractivity contribution in [3.8, 4) is 0 Å². The minimum Gasteiger partial charge on any atom is -0.353 e. The topological polar surface area (TPSA) is 49.4 Å². The Morgan fingerprint density at radius 1 is 1.12 bits per heavy atom. The molecule has 1 aliphatic carbocycles. The molecule has 1 aliphatic rings. The van der Waals surface area contributed by atoms with Crippen molar-refractivity contribution in [1.82, 2.24) is 10.2 Å². The van der Waals surface area contributed by atoms with Gasteiger partial charge in [0.1, 0.15) is 5.82 Å². The van der Waals surface area contributed by atoms with Crippen molar-refractivity contribution in [2.45, 2.75) is 45.6 Å². The van der Waals surface area contributed by atoms with Crippen LogP contribution in [0.15, 0.2) is 24.3 Å². The van der Waals surface area contributed by atoms with Gasteiger partial charge in [0.25, 0.3) is 0 Å². The fourth-order valence-corrected chi connectivity index (χ4v) is 3.24. The van der Waals surface area contributed by atoms with Crippen molar-refractivity contribution in [2.24, 2.45) is 11.3 Å². The molecule has 0 radical (unpaired) electrons. The van der Waals surface area contributed by atoms with E-state index in [-0.39, 0.29) is 35.5 Å².